The number of aromatic nitrogens is 5. The average Bonchev–Trinajstić information content (AvgIpc) is 3.38. The zero-order valence-electron chi connectivity index (χ0n) is 26.6. The van der Waals surface area contributed by atoms with Crippen LogP contribution in [0.5, 0.6) is 0 Å². The first-order valence-electron chi connectivity index (χ1n) is 15.9. The van der Waals surface area contributed by atoms with Gasteiger partial charge in [-0.3, -0.25) is 9.13 Å². The summed E-state index contributed by atoms with van der Waals surface area (Å²) in [5.74, 6) is 1.83. The molecule has 6 aromatic carbocycles. The third-order valence-corrected chi connectivity index (χ3v) is 8.89. The normalized spacial score (nSPS) is 11.2. The summed E-state index contributed by atoms with van der Waals surface area (Å²) < 4.78 is 3.35. The minimum absolute atomic E-state index is 0.0388. The molecule has 0 spiro atoms. The monoisotopic (exact) mass is 621 g/mol. The van der Waals surface area contributed by atoms with E-state index in [1.807, 2.05) is 66.7 Å². The van der Waals surface area contributed by atoms with Gasteiger partial charge in [-0.15, -0.1) is 0 Å². The second-order valence-electron chi connectivity index (χ2n) is 11.8. The molecule has 0 radical (unpaired) electrons. The molecule has 0 atom stereocenters. The van der Waals surface area contributed by atoms with Crippen LogP contribution in [0.1, 0.15) is 0 Å². The second kappa shape index (κ2) is 12.1. The first-order chi connectivity index (χ1) is 23.5. The number of hydrogen-bond donors (Lipinski definition) is 0. The van der Waals surface area contributed by atoms with Gasteiger partial charge in [0, 0.05) is 30.8 Å². The summed E-state index contributed by atoms with van der Waals surface area (Å²) >= 11 is 0. The molecule has 6 nitrogen and oxygen atoms in total. The number of benzene rings is 6. The lowest BCUT2D eigenvalue weighted by Gasteiger charge is -2.13. The molecule has 0 fully saturated rings. The van der Waals surface area contributed by atoms with Crippen molar-refractivity contribution in [1.82, 2.24) is 24.1 Å². The van der Waals surface area contributed by atoms with Gasteiger partial charge in [0.25, 0.3) is 0 Å². The van der Waals surface area contributed by atoms with Crippen molar-refractivity contribution in [2.24, 2.45) is 14.1 Å². The van der Waals surface area contributed by atoms with E-state index in [4.69, 9.17) is 15.0 Å². The van der Waals surface area contributed by atoms with Crippen LogP contribution < -0.4 is 5.69 Å². The molecule has 0 bridgehead atoms. The molecule has 0 unspecified atom stereocenters. The highest BCUT2D eigenvalue weighted by atomic mass is 16.1. The van der Waals surface area contributed by atoms with Gasteiger partial charge in [-0.1, -0.05) is 140 Å². The number of imidazole rings is 1. The third-order valence-electron chi connectivity index (χ3n) is 8.89. The highest BCUT2D eigenvalue weighted by Crippen LogP contribution is 2.34. The fourth-order valence-electron chi connectivity index (χ4n) is 6.24. The van der Waals surface area contributed by atoms with Gasteiger partial charge in [-0.2, -0.15) is 0 Å². The Balaban J connectivity index is 1.20. The molecule has 0 aliphatic carbocycles. The van der Waals surface area contributed by atoms with E-state index in [1.54, 1.807) is 23.2 Å². The minimum Gasteiger partial charge on any atom is -0.295 e. The van der Waals surface area contributed by atoms with Gasteiger partial charge in [-0.05, 0) is 45.5 Å². The lowest BCUT2D eigenvalue weighted by atomic mass is 9.96. The molecule has 0 aliphatic heterocycles. The average molecular weight is 622 g/mol. The van der Waals surface area contributed by atoms with E-state index in [2.05, 4.69) is 84.9 Å². The van der Waals surface area contributed by atoms with Crippen LogP contribution in [0.15, 0.2) is 156 Å². The van der Waals surface area contributed by atoms with Crippen molar-refractivity contribution in [3.8, 4) is 67.5 Å². The lowest BCUT2D eigenvalue weighted by Crippen LogP contribution is -2.19. The Kier molecular flexibility index (Phi) is 7.31. The van der Waals surface area contributed by atoms with Gasteiger partial charge in [0.1, 0.15) is 0 Å². The van der Waals surface area contributed by atoms with Gasteiger partial charge in [0.05, 0.1) is 11.0 Å². The van der Waals surface area contributed by atoms with E-state index >= 15 is 0 Å². The van der Waals surface area contributed by atoms with Crippen molar-refractivity contribution < 1.29 is 0 Å². The number of fused-ring (bicyclic) bond motifs is 1. The quantitative estimate of drug-likeness (QED) is 0.186. The number of nitrogens with zero attached hydrogens (tertiary/aromatic N) is 5. The van der Waals surface area contributed by atoms with Crippen molar-refractivity contribution in [2.45, 2.75) is 0 Å². The smallest absolute Gasteiger partial charge is 0.295 e. The van der Waals surface area contributed by atoms with Crippen LogP contribution >= 0.6 is 0 Å². The van der Waals surface area contributed by atoms with Crippen molar-refractivity contribution in [1.29, 1.82) is 0 Å². The van der Waals surface area contributed by atoms with Crippen LogP contribution in [0.3, 0.4) is 0 Å². The van der Waals surface area contributed by atoms with Crippen LogP contribution in [0.25, 0.3) is 78.6 Å². The maximum Gasteiger partial charge on any atom is 0.328 e. The predicted octanol–water partition coefficient (Wildman–Crippen LogP) is 9.06. The van der Waals surface area contributed by atoms with E-state index in [1.165, 1.54) is 11.1 Å². The van der Waals surface area contributed by atoms with Gasteiger partial charge in [0.2, 0.25) is 0 Å². The standard InChI is InChI=1S/C42H31N5O/c1-46-37-26-25-34(27-38(37)47(2)42(46)48)30-19-23-33(24-20-30)40-43-39(32-13-7-4-8-14-32)44-41(45-40)36-16-10-9-15-35(36)31-21-17-29(18-22-31)28-11-5-3-6-12-28/h3-27H,1-2H3. The van der Waals surface area contributed by atoms with Crippen LogP contribution in [-0.2, 0) is 14.1 Å². The minimum atomic E-state index is -0.0388. The largest absolute Gasteiger partial charge is 0.328 e. The van der Waals surface area contributed by atoms with Gasteiger partial charge >= 0.3 is 5.69 Å². The van der Waals surface area contributed by atoms with Gasteiger partial charge < -0.3 is 0 Å². The zero-order valence-corrected chi connectivity index (χ0v) is 26.6. The molecule has 6 heteroatoms. The summed E-state index contributed by atoms with van der Waals surface area (Å²) in [6, 6.07) is 51.7. The highest BCUT2D eigenvalue weighted by Gasteiger charge is 2.16. The van der Waals surface area contributed by atoms with Crippen molar-refractivity contribution in [3.63, 3.8) is 0 Å². The molecule has 2 aromatic heterocycles. The van der Waals surface area contributed by atoms with E-state index in [9.17, 15) is 4.79 Å². The third kappa shape index (κ3) is 5.29. The Bertz CT molecular complexity index is 2460. The van der Waals surface area contributed by atoms with Crippen molar-refractivity contribution >= 4 is 11.0 Å². The fourth-order valence-corrected chi connectivity index (χ4v) is 6.24. The van der Waals surface area contributed by atoms with Gasteiger partial charge in [0.15, 0.2) is 17.5 Å². The molecule has 230 valence electrons. The van der Waals surface area contributed by atoms with E-state index in [0.717, 1.165) is 50.0 Å². The van der Waals surface area contributed by atoms with Crippen LogP contribution in [-0.4, -0.2) is 24.1 Å². The Hall–Kier alpha value is -6.40. The molecule has 0 aliphatic rings. The van der Waals surface area contributed by atoms with Gasteiger partial charge in [-0.25, -0.2) is 19.7 Å². The summed E-state index contributed by atoms with van der Waals surface area (Å²) in [5.41, 5.74) is 11.1. The second-order valence-corrected chi connectivity index (χ2v) is 11.8. The Morgan fingerprint density at radius 2 is 0.792 bits per heavy atom. The molecule has 8 aromatic rings. The van der Waals surface area contributed by atoms with Crippen LogP contribution in [0, 0.1) is 0 Å². The van der Waals surface area contributed by atoms with Crippen LogP contribution in [0.4, 0.5) is 0 Å². The Labute approximate surface area is 278 Å². The van der Waals surface area contributed by atoms with Crippen molar-refractivity contribution in [2.75, 3.05) is 0 Å². The Morgan fingerprint density at radius 3 is 1.44 bits per heavy atom. The molecule has 0 saturated carbocycles. The maximum absolute atomic E-state index is 12.5. The molecule has 2 heterocycles. The molecular formula is C42H31N5O. The van der Waals surface area contributed by atoms with Crippen molar-refractivity contribution in [3.05, 3.63) is 162 Å². The molecule has 48 heavy (non-hydrogen) atoms. The predicted molar refractivity (Wildman–Crippen MR) is 194 cm³/mol. The summed E-state index contributed by atoms with van der Waals surface area (Å²) in [5, 5.41) is 0. The maximum atomic E-state index is 12.5. The molecule has 0 amide bonds. The van der Waals surface area contributed by atoms with E-state index in [-0.39, 0.29) is 5.69 Å². The van der Waals surface area contributed by atoms with E-state index in [0.29, 0.717) is 17.5 Å². The Morgan fingerprint density at radius 1 is 0.375 bits per heavy atom. The summed E-state index contributed by atoms with van der Waals surface area (Å²) in [4.78, 5) is 27.5. The zero-order chi connectivity index (χ0) is 32.6. The first-order valence-corrected chi connectivity index (χ1v) is 15.9. The fraction of sp³-hybridized carbons (Fsp3) is 0.0476. The summed E-state index contributed by atoms with van der Waals surface area (Å²) in [7, 11) is 3.60. The SMILES string of the molecule is Cn1c(=O)n(C)c2cc(-c3ccc(-c4nc(-c5ccccc5)nc(-c5ccccc5-c5ccc(-c6ccccc6)cc5)n4)cc3)ccc21. The summed E-state index contributed by atoms with van der Waals surface area (Å²) in [6.07, 6.45) is 0. The summed E-state index contributed by atoms with van der Waals surface area (Å²) in [6.45, 7) is 0. The topological polar surface area (TPSA) is 65.6 Å². The molecule has 8 rings (SSSR count). The molecular weight excluding hydrogens is 590 g/mol. The highest BCUT2D eigenvalue weighted by molar-refractivity contribution is 5.84. The number of hydrogen-bond acceptors (Lipinski definition) is 4. The van der Waals surface area contributed by atoms with Crippen LogP contribution in [0.2, 0.25) is 0 Å². The molecule has 0 saturated heterocycles. The number of aryl methyl sites for hydroxylation is 2. The first kappa shape index (κ1) is 29.0. The lowest BCUT2D eigenvalue weighted by molar-refractivity contribution is 0.795. The molecule has 0 N–H and O–H groups in total. The number of rotatable bonds is 6. The van der Waals surface area contributed by atoms with E-state index < -0.39 is 0 Å².